The molecule has 0 atom stereocenters. The summed E-state index contributed by atoms with van der Waals surface area (Å²) in [7, 11) is 1.55. The van der Waals surface area contributed by atoms with E-state index in [0.29, 0.717) is 37.5 Å². The number of rotatable bonds is 3. The van der Waals surface area contributed by atoms with Gasteiger partial charge in [-0.15, -0.1) is 0 Å². The zero-order valence-corrected chi connectivity index (χ0v) is 14.5. The van der Waals surface area contributed by atoms with Gasteiger partial charge in [-0.3, -0.25) is 4.79 Å². The number of fused-ring (bicyclic) bond motifs is 1. The largest absolute Gasteiger partial charge is 0.481 e. The quantitative estimate of drug-likeness (QED) is 0.723. The second-order valence-electron chi connectivity index (χ2n) is 6.07. The van der Waals surface area contributed by atoms with Crippen LogP contribution in [0.25, 0.3) is 11.4 Å². The van der Waals surface area contributed by atoms with Gasteiger partial charge in [0.25, 0.3) is 5.91 Å². The summed E-state index contributed by atoms with van der Waals surface area (Å²) >= 11 is 0. The van der Waals surface area contributed by atoms with Gasteiger partial charge >= 0.3 is 0 Å². The standard InChI is InChI=1S/C19H19N5O2/c1-26-17-8-7-15(13-20-17)19(25)23-10-9-16-21-18(22-24(16)12-11-23)14-5-3-2-4-6-14/h2-8,13H,9-12H2,1H3. The van der Waals surface area contributed by atoms with Gasteiger partial charge in [0, 0.05) is 37.3 Å². The molecule has 1 aromatic carbocycles. The predicted molar refractivity (Wildman–Crippen MR) is 95.9 cm³/mol. The molecule has 1 amide bonds. The first kappa shape index (κ1) is 16.3. The fraction of sp³-hybridized carbons (Fsp3) is 0.263. The molecule has 1 aliphatic heterocycles. The van der Waals surface area contributed by atoms with Gasteiger partial charge in [-0.2, -0.15) is 5.10 Å². The summed E-state index contributed by atoms with van der Waals surface area (Å²) < 4.78 is 6.94. The van der Waals surface area contributed by atoms with Crippen molar-refractivity contribution in [3.63, 3.8) is 0 Å². The number of aromatic nitrogens is 4. The molecule has 1 aliphatic rings. The van der Waals surface area contributed by atoms with Crippen LogP contribution in [-0.2, 0) is 13.0 Å². The number of ether oxygens (including phenoxy) is 1. The van der Waals surface area contributed by atoms with E-state index in [-0.39, 0.29) is 5.91 Å². The summed E-state index contributed by atoms with van der Waals surface area (Å²) in [6.45, 7) is 1.83. The van der Waals surface area contributed by atoms with E-state index >= 15 is 0 Å². The molecule has 2 aromatic heterocycles. The number of hydrogen-bond acceptors (Lipinski definition) is 5. The second kappa shape index (κ2) is 6.95. The van der Waals surface area contributed by atoms with Crippen LogP contribution in [0.5, 0.6) is 5.88 Å². The summed E-state index contributed by atoms with van der Waals surface area (Å²) in [6, 6.07) is 13.4. The summed E-state index contributed by atoms with van der Waals surface area (Å²) in [5, 5.41) is 4.61. The average molecular weight is 349 g/mol. The molecular weight excluding hydrogens is 330 g/mol. The van der Waals surface area contributed by atoms with Crippen molar-refractivity contribution in [3.05, 3.63) is 60.0 Å². The van der Waals surface area contributed by atoms with Crippen LogP contribution >= 0.6 is 0 Å². The van der Waals surface area contributed by atoms with Crippen LogP contribution in [0.1, 0.15) is 16.2 Å². The maximum Gasteiger partial charge on any atom is 0.255 e. The predicted octanol–water partition coefficient (Wildman–Crippen LogP) is 2.05. The Hall–Kier alpha value is -3.22. The van der Waals surface area contributed by atoms with E-state index in [2.05, 4.69) is 15.1 Å². The summed E-state index contributed by atoms with van der Waals surface area (Å²) in [4.78, 5) is 23.3. The van der Waals surface area contributed by atoms with Crippen molar-refractivity contribution in [2.45, 2.75) is 13.0 Å². The van der Waals surface area contributed by atoms with E-state index in [4.69, 9.17) is 4.74 Å². The van der Waals surface area contributed by atoms with Crippen molar-refractivity contribution in [2.24, 2.45) is 0 Å². The molecule has 0 fully saturated rings. The van der Waals surface area contributed by atoms with Crippen LogP contribution in [0.4, 0.5) is 0 Å². The van der Waals surface area contributed by atoms with Gasteiger partial charge in [0.1, 0.15) is 5.82 Å². The SMILES string of the molecule is COc1ccc(C(=O)N2CCc3nc(-c4ccccc4)nn3CC2)cn1. The van der Waals surface area contributed by atoms with E-state index < -0.39 is 0 Å². The maximum atomic E-state index is 12.7. The molecular formula is C19H19N5O2. The smallest absolute Gasteiger partial charge is 0.255 e. The van der Waals surface area contributed by atoms with E-state index in [9.17, 15) is 4.79 Å². The first-order valence-electron chi connectivity index (χ1n) is 8.53. The molecule has 3 heterocycles. The lowest BCUT2D eigenvalue weighted by molar-refractivity contribution is 0.0758. The minimum absolute atomic E-state index is 0.0332. The molecule has 0 aliphatic carbocycles. The molecule has 0 unspecified atom stereocenters. The number of benzene rings is 1. The van der Waals surface area contributed by atoms with Gasteiger partial charge in [-0.1, -0.05) is 30.3 Å². The molecule has 0 saturated heterocycles. The normalized spacial score (nSPS) is 13.8. The minimum Gasteiger partial charge on any atom is -0.481 e. The molecule has 0 saturated carbocycles. The summed E-state index contributed by atoms with van der Waals surface area (Å²) in [5.41, 5.74) is 1.56. The van der Waals surface area contributed by atoms with Crippen molar-refractivity contribution < 1.29 is 9.53 Å². The molecule has 7 heteroatoms. The Balaban J connectivity index is 1.48. The summed E-state index contributed by atoms with van der Waals surface area (Å²) in [6.07, 6.45) is 2.23. The Kier molecular flexibility index (Phi) is 4.35. The minimum atomic E-state index is -0.0332. The zero-order valence-electron chi connectivity index (χ0n) is 14.5. The van der Waals surface area contributed by atoms with Crippen LogP contribution in [-0.4, -0.2) is 50.8 Å². The lowest BCUT2D eigenvalue weighted by Gasteiger charge is -2.19. The molecule has 0 radical (unpaired) electrons. The average Bonchev–Trinajstić information content (AvgIpc) is 3.01. The van der Waals surface area contributed by atoms with Crippen molar-refractivity contribution >= 4 is 5.91 Å². The Morgan fingerprint density at radius 3 is 2.65 bits per heavy atom. The Labute approximate surface area is 151 Å². The number of methoxy groups -OCH3 is 1. The molecule has 0 N–H and O–H groups in total. The third kappa shape index (κ3) is 3.15. The van der Waals surface area contributed by atoms with Crippen molar-refractivity contribution in [1.29, 1.82) is 0 Å². The summed E-state index contributed by atoms with van der Waals surface area (Å²) in [5.74, 6) is 2.11. The maximum absolute atomic E-state index is 12.7. The molecule has 132 valence electrons. The number of nitrogens with zero attached hydrogens (tertiary/aromatic N) is 5. The molecule has 7 nitrogen and oxygen atoms in total. The van der Waals surface area contributed by atoms with Gasteiger partial charge in [-0.05, 0) is 6.07 Å². The van der Waals surface area contributed by atoms with Gasteiger partial charge in [0.05, 0.1) is 19.2 Å². The van der Waals surface area contributed by atoms with Crippen molar-refractivity contribution in [2.75, 3.05) is 20.2 Å². The van der Waals surface area contributed by atoms with Crippen LogP contribution in [0, 0.1) is 0 Å². The number of pyridine rings is 1. The number of hydrogen-bond donors (Lipinski definition) is 0. The van der Waals surface area contributed by atoms with Gasteiger partial charge in [0.15, 0.2) is 5.82 Å². The molecule has 0 bridgehead atoms. The van der Waals surface area contributed by atoms with Crippen LogP contribution in [0.15, 0.2) is 48.7 Å². The van der Waals surface area contributed by atoms with E-state index in [1.54, 1.807) is 25.4 Å². The highest BCUT2D eigenvalue weighted by Gasteiger charge is 2.22. The highest BCUT2D eigenvalue weighted by atomic mass is 16.5. The fourth-order valence-electron chi connectivity index (χ4n) is 3.02. The first-order valence-corrected chi connectivity index (χ1v) is 8.53. The third-order valence-electron chi connectivity index (χ3n) is 4.45. The first-order chi connectivity index (χ1) is 12.7. The lowest BCUT2D eigenvalue weighted by atomic mass is 10.2. The Morgan fingerprint density at radius 2 is 1.92 bits per heavy atom. The van der Waals surface area contributed by atoms with Crippen molar-refractivity contribution in [3.8, 4) is 17.3 Å². The monoisotopic (exact) mass is 349 g/mol. The zero-order chi connectivity index (χ0) is 17.9. The van der Waals surface area contributed by atoms with Gasteiger partial charge < -0.3 is 9.64 Å². The third-order valence-corrected chi connectivity index (χ3v) is 4.45. The van der Waals surface area contributed by atoms with Crippen molar-refractivity contribution in [1.82, 2.24) is 24.6 Å². The van der Waals surface area contributed by atoms with Gasteiger partial charge in [-0.25, -0.2) is 14.6 Å². The number of carbonyl (C=O) groups is 1. The molecule has 4 rings (SSSR count). The molecule has 26 heavy (non-hydrogen) atoms. The highest BCUT2D eigenvalue weighted by molar-refractivity contribution is 5.94. The fourth-order valence-corrected chi connectivity index (χ4v) is 3.02. The number of carbonyl (C=O) groups excluding carboxylic acids is 1. The topological polar surface area (TPSA) is 73.1 Å². The van der Waals surface area contributed by atoms with E-state index in [0.717, 1.165) is 17.2 Å². The van der Waals surface area contributed by atoms with Gasteiger partial charge in [0.2, 0.25) is 5.88 Å². The van der Waals surface area contributed by atoms with Crippen LogP contribution in [0.3, 0.4) is 0 Å². The van der Waals surface area contributed by atoms with E-state index in [1.807, 2.05) is 39.9 Å². The Bertz CT molecular complexity index is 880. The molecule has 0 spiro atoms. The second-order valence-corrected chi connectivity index (χ2v) is 6.07. The highest BCUT2D eigenvalue weighted by Crippen LogP contribution is 2.18. The Morgan fingerprint density at radius 1 is 1.08 bits per heavy atom. The van der Waals surface area contributed by atoms with Crippen LogP contribution < -0.4 is 4.74 Å². The molecule has 3 aromatic rings. The van der Waals surface area contributed by atoms with E-state index in [1.165, 1.54) is 0 Å². The van der Waals surface area contributed by atoms with Crippen LogP contribution in [0.2, 0.25) is 0 Å². The lowest BCUT2D eigenvalue weighted by Crippen LogP contribution is -2.33. The number of amides is 1.